The van der Waals surface area contributed by atoms with Gasteiger partial charge in [-0.25, -0.2) is 0 Å². The van der Waals surface area contributed by atoms with Gasteiger partial charge in [-0.15, -0.1) is 0 Å². The summed E-state index contributed by atoms with van der Waals surface area (Å²) in [6.45, 7) is 7.69. The molecule has 2 atom stereocenters. The molecule has 3 heterocycles. The third-order valence-electron chi connectivity index (χ3n) is 6.22. The van der Waals surface area contributed by atoms with Crippen LogP contribution >= 0.6 is 0 Å². The van der Waals surface area contributed by atoms with Crippen molar-refractivity contribution in [2.24, 2.45) is 18.4 Å². The quantitative estimate of drug-likeness (QED) is 0.793. The summed E-state index contributed by atoms with van der Waals surface area (Å²) >= 11 is 0. The topological polar surface area (TPSA) is 44.6 Å². The molecule has 0 spiro atoms. The van der Waals surface area contributed by atoms with E-state index in [4.69, 9.17) is 0 Å². The van der Waals surface area contributed by atoms with E-state index in [2.05, 4.69) is 64.2 Å². The van der Waals surface area contributed by atoms with Gasteiger partial charge in [-0.05, 0) is 38.6 Å². The van der Waals surface area contributed by atoms with E-state index in [0.29, 0.717) is 11.6 Å². The molecule has 1 amide bonds. The van der Waals surface area contributed by atoms with Gasteiger partial charge in [0.1, 0.15) is 5.69 Å². The lowest BCUT2D eigenvalue weighted by molar-refractivity contribution is 0.0737. The van der Waals surface area contributed by atoms with Crippen molar-refractivity contribution in [1.82, 2.24) is 24.5 Å². The Kier molecular flexibility index (Phi) is 5.02. The zero-order valence-electron chi connectivity index (χ0n) is 17.4. The number of likely N-dealkylation sites (tertiary alicyclic amines) is 2. The maximum atomic E-state index is 13.2. The Morgan fingerprint density at radius 3 is 2.61 bits per heavy atom. The number of amides is 1. The van der Waals surface area contributed by atoms with Crippen molar-refractivity contribution in [1.29, 1.82) is 0 Å². The van der Waals surface area contributed by atoms with E-state index in [0.717, 1.165) is 45.0 Å². The first kappa shape index (κ1) is 19.2. The highest BCUT2D eigenvalue weighted by molar-refractivity contribution is 5.93. The molecule has 0 N–H and O–H groups in total. The minimum Gasteiger partial charge on any atom is -0.336 e. The second-order valence-electron chi connectivity index (χ2n) is 8.93. The summed E-state index contributed by atoms with van der Waals surface area (Å²) in [6.07, 6.45) is 0. The highest BCUT2D eigenvalue weighted by Crippen LogP contribution is 2.43. The number of rotatable bonds is 5. The lowest BCUT2D eigenvalue weighted by Crippen LogP contribution is -2.43. The second-order valence-corrected chi connectivity index (χ2v) is 8.93. The van der Waals surface area contributed by atoms with Gasteiger partial charge < -0.3 is 9.80 Å². The van der Waals surface area contributed by atoms with Crippen LogP contribution in [0.5, 0.6) is 0 Å². The van der Waals surface area contributed by atoms with E-state index in [9.17, 15) is 4.79 Å². The van der Waals surface area contributed by atoms with Crippen LogP contribution < -0.4 is 0 Å². The fourth-order valence-corrected chi connectivity index (χ4v) is 5.23. The van der Waals surface area contributed by atoms with Gasteiger partial charge in [0.2, 0.25) is 0 Å². The highest BCUT2D eigenvalue weighted by atomic mass is 16.2. The van der Waals surface area contributed by atoms with E-state index in [1.165, 1.54) is 5.56 Å². The maximum Gasteiger partial charge on any atom is 0.272 e. The van der Waals surface area contributed by atoms with Crippen molar-refractivity contribution in [3.8, 4) is 0 Å². The minimum atomic E-state index is 0.116. The molecule has 0 unspecified atom stereocenters. The molecule has 0 radical (unpaired) electrons. The fraction of sp³-hybridized carbons (Fsp3) is 0.545. The molecule has 6 nitrogen and oxygen atoms in total. The monoisotopic (exact) mass is 381 g/mol. The summed E-state index contributed by atoms with van der Waals surface area (Å²) in [5.74, 6) is 0.627. The van der Waals surface area contributed by atoms with Gasteiger partial charge in [-0.1, -0.05) is 30.3 Å². The van der Waals surface area contributed by atoms with Crippen LogP contribution in [-0.4, -0.2) is 77.2 Å². The van der Waals surface area contributed by atoms with E-state index >= 15 is 0 Å². The van der Waals surface area contributed by atoms with Crippen LogP contribution in [0.1, 0.15) is 21.7 Å². The van der Waals surface area contributed by atoms with Crippen LogP contribution in [0, 0.1) is 18.3 Å². The highest BCUT2D eigenvalue weighted by Gasteiger charge is 2.53. The number of carbonyl (C=O) groups excluding carboxylic acids is 1. The molecule has 1 aromatic carbocycles. The molecule has 0 saturated carbocycles. The van der Waals surface area contributed by atoms with Gasteiger partial charge in [-0.2, -0.15) is 5.10 Å². The summed E-state index contributed by atoms with van der Waals surface area (Å²) in [6, 6.07) is 12.6. The Morgan fingerprint density at radius 1 is 1.21 bits per heavy atom. The molecule has 2 aromatic rings. The average molecular weight is 382 g/mol. The molecule has 1 aromatic heterocycles. The first-order valence-electron chi connectivity index (χ1n) is 10.1. The number of aryl methyl sites for hydroxylation is 2. The van der Waals surface area contributed by atoms with Crippen LogP contribution in [0.3, 0.4) is 0 Å². The molecule has 28 heavy (non-hydrogen) atoms. The van der Waals surface area contributed by atoms with E-state index in [-0.39, 0.29) is 11.3 Å². The summed E-state index contributed by atoms with van der Waals surface area (Å²) in [5, 5.41) is 4.35. The fourth-order valence-electron chi connectivity index (χ4n) is 5.23. The van der Waals surface area contributed by atoms with Gasteiger partial charge in [0.05, 0.1) is 5.69 Å². The predicted molar refractivity (Wildman–Crippen MR) is 110 cm³/mol. The van der Waals surface area contributed by atoms with Crippen molar-refractivity contribution in [2.45, 2.75) is 13.5 Å². The van der Waals surface area contributed by atoms with Crippen LogP contribution in [0.15, 0.2) is 36.4 Å². The molecule has 2 aliphatic heterocycles. The van der Waals surface area contributed by atoms with Crippen molar-refractivity contribution in [3.63, 3.8) is 0 Å². The summed E-state index contributed by atoms with van der Waals surface area (Å²) in [5.41, 5.74) is 3.09. The van der Waals surface area contributed by atoms with E-state index in [1.807, 2.05) is 20.0 Å². The van der Waals surface area contributed by atoms with E-state index < -0.39 is 0 Å². The smallest absolute Gasteiger partial charge is 0.272 e. The van der Waals surface area contributed by atoms with Crippen molar-refractivity contribution < 1.29 is 4.79 Å². The van der Waals surface area contributed by atoms with Crippen LogP contribution in [0.4, 0.5) is 0 Å². The van der Waals surface area contributed by atoms with Crippen molar-refractivity contribution in [3.05, 3.63) is 53.3 Å². The number of benzene rings is 1. The summed E-state index contributed by atoms with van der Waals surface area (Å²) < 4.78 is 1.71. The summed E-state index contributed by atoms with van der Waals surface area (Å²) in [4.78, 5) is 20.1. The maximum absolute atomic E-state index is 13.2. The first-order chi connectivity index (χ1) is 13.4. The Bertz CT molecular complexity index is 846. The third kappa shape index (κ3) is 3.59. The largest absolute Gasteiger partial charge is 0.336 e. The van der Waals surface area contributed by atoms with Crippen molar-refractivity contribution in [2.75, 3.05) is 46.8 Å². The van der Waals surface area contributed by atoms with Gasteiger partial charge in [0, 0.05) is 51.7 Å². The molecular formula is C22H31N5O. The number of carbonyl (C=O) groups is 1. The third-order valence-corrected chi connectivity index (χ3v) is 6.22. The average Bonchev–Trinajstić information content (AvgIpc) is 3.24. The molecule has 2 aliphatic rings. The molecule has 150 valence electrons. The second kappa shape index (κ2) is 7.33. The lowest BCUT2D eigenvalue weighted by atomic mass is 9.80. The number of hydrogen-bond donors (Lipinski definition) is 0. The molecule has 0 bridgehead atoms. The van der Waals surface area contributed by atoms with Crippen LogP contribution in [-0.2, 0) is 13.6 Å². The minimum absolute atomic E-state index is 0.116. The molecule has 2 fully saturated rings. The number of hydrogen-bond acceptors (Lipinski definition) is 4. The number of fused-ring (bicyclic) bond motifs is 1. The standard InChI is InChI=1S/C22H31N5O/c1-17-10-20(25(4)23-17)21(28)27-13-19-12-26(11-18-8-6-5-7-9-18)15-22(19,16-27)14-24(2)3/h5-10,19H,11-16H2,1-4H3/t19-,22+/m1/s1. The molecule has 4 rings (SSSR count). The summed E-state index contributed by atoms with van der Waals surface area (Å²) in [7, 11) is 6.13. The molecular weight excluding hydrogens is 350 g/mol. The SMILES string of the molecule is Cc1cc(C(=O)N2C[C@H]3CN(Cc4ccccc4)C[C@@]3(CN(C)C)C2)n(C)n1. The Labute approximate surface area is 167 Å². The van der Waals surface area contributed by atoms with Gasteiger partial charge in [-0.3, -0.25) is 14.4 Å². The molecule has 6 heteroatoms. The Morgan fingerprint density at radius 2 is 1.96 bits per heavy atom. The van der Waals surface area contributed by atoms with E-state index in [1.54, 1.807) is 4.68 Å². The zero-order chi connectivity index (χ0) is 19.9. The van der Waals surface area contributed by atoms with Crippen LogP contribution in [0.2, 0.25) is 0 Å². The van der Waals surface area contributed by atoms with Crippen molar-refractivity contribution >= 4 is 5.91 Å². The molecule has 2 saturated heterocycles. The Hall–Kier alpha value is -2.18. The van der Waals surface area contributed by atoms with Crippen LogP contribution in [0.25, 0.3) is 0 Å². The normalized spacial score (nSPS) is 24.9. The number of aromatic nitrogens is 2. The molecule has 0 aliphatic carbocycles. The van der Waals surface area contributed by atoms with Gasteiger partial charge >= 0.3 is 0 Å². The Balaban J connectivity index is 1.51. The predicted octanol–water partition coefficient (Wildman–Crippen LogP) is 1.86. The first-order valence-corrected chi connectivity index (χ1v) is 10.1. The number of nitrogens with zero attached hydrogens (tertiary/aromatic N) is 5. The lowest BCUT2D eigenvalue weighted by Gasteiger charge is -2.32. The zero-order valence-corrected chi connectivity index (χ0v) is 17.4. The van der Waals surface area contributed by atoms with Gasteiger partial charge in [0.25, 0.3) is 5.91 Å². The van der Waals surface area contributed by atoms with Gasteiger partial charge in [0.15, 0.2) is 0 Å².